The molecule has 0 radical (unpaired) electrons. The van der Waals surface area contributed by atoms with Crippen LogP contribution >= 0.6 is 11.6 Å². The second kappa shape index (κ2) is 5.99. The second-order valence-corrected chi connectivity index (χ2v) is 6.72. The van der Waals surface area contributed by atoms with Crippen molar-refractivity contribution in [3.8, 4) is 5.75 Å². The van der Waals surface area contributed by atoms with Gasteiger partial charge in [0.15, 0.2) is 0 Å². The van der Waals surface area contributed by atoms with Crippen LogP contribution in [0.4, 0.5) is 13.2 Å². The van der Waals surface area contributed by atoms with Gasteiger partial charge in [-0.3, -0.25) is 0 Å². The minimum absolute atomic E-state index is 0.0320. The Bertz CT molecular complexity index is 693. The number of carbonyl (C=O) groups is 1. The lowest BCUT2D eigenvalue weighted by Gasteiger charge is -2.34. The molecule has 1 saturated carbocycles. The molecule has 1 fully saturated rings. The van der Waals surface area contributed by atoms with Gasteiger partial charge >= 0.3 is 17.2 Å². The molecule has 1 N–H and O–H groups in total. The predicted octanol–water partition coefficient (Wildman–Crippen LogP) is 5.09. The number of hydrogen-bond acceptors (Lipinski definition) is 2. The highest BCUT2D eigenvalue weighted by atomic mass is 35.5. The molecule has 2 aliphatic rings. The van der Waals surface area contributed by atoms with Crippen molar-refractivity contribution in [2.24, 2.45) is 0 Å². The summed E-state index contributed by atoms with van der Waals surface area (Å²) < 4.78 is 45.0. The van der Waals surface area contributed by atoms with E-state index in [4.69, 9.17) is 21.4 Å². The number of aliphatic carboxylic acids is 1. The number of carboxylic acid groups (broad SMARTS) is 1. The molecule has 0 bridgehead atoms. The van der Waals surface area contributed by atoms with Crippen LogP contribution < -0.4 is 4.74 Å². The zero-order valence-corrected chi connectivity index (χ0v) is 13.5. The molecule has 0 aromatic heterocycles. The topological polar surface area (TPSA) is 46.5 Å². The highest BCUT2D eigenvalue weighted by molar-refractivity contribution is 6.29. The molecular weight excluding hydrogens is 345 g/mol. The van der Waals surface area contributed by atoms with Gasteiger partial charge < -0.3 is 9.84 Å². The Balaban J connectivity index is 2.03. The first kappa shape index (κ1) is 17.1. The van der Waals surface area contributed by atoms with Crippen molar-refractivity contribution in [1.82, 2.24) is 0 Å². The van der Waals surface area contributed by atoms with Crippen molar-refractivity contribution < 1.29 is 27.8 Å². The fraction of sp³-hybridized carbons (Fsp3) is 0.471. The van der Waals surface area contributed by atoms with Crippen molar-refractivity contribution in [3.63, 3.8) is 0 Å². The Labute approximate surface area is 142 Å². The van der Waals surface area contributed by atoms with E-state index >= 15 is 0 Å². The van der Waals surface area contributed by atoms with Crippen LogP contribution in [0.2, 0.25) is 0 Å². The van der Waals surface area contributed by atoms with Crippen LogP contribution in [0.3, 0.4) is 0 Å². The smallest absolute Gasteiger partial charge is 0.448 e. The van der Waals surface area contributed by atoms with Gasteiger partial charge in [-0.2, -0.15) is 13.2 Å². The lowest BCUT2D eigenvalue weighted by atomic mass is 9.83. The Morgan fingerprint density at radius 2 is 1.92 bits per heavy atom. The highest BCUT2D eigenvalue weighted by Gasteiger charge is 2.62. The number of alkyl halides is 4. The van der Waals surface area contributed by atoms with Crippen molar-refractivity contribution in [2.45, 2.75) is 49.3 Å². The van der Waals surface area contributed by atoms with Crippen LogP contribution in [0.15, 0.2) is 23.8 Å². The number of halogens is 4. The molecule has 1 aliphatic heterocycles. The van der Waals surface area contributed by atoms with Crippen LogP contribution in [0, 0.1) is 0 Å². The zero-order chi connectivity index (χ0) is 17.5. The molecule has 1 unspecified atom stereocenters. The van der Waals surface area contributed by atoms with E-state index in [9.17, 15) is 18.0 Å². The van der Waals surface area contributed by atoms with Crippen LogP contribution in [-0.4, -0.2) is 22.3 Å². The molecule has 1 heterocycles. The number of ether oxygens (including phenoxy) is 1. The van der Waals surface area contributed by atoms with Crippen LogP contribution in [0.1, 0.15) is 49.1 Å². The predicted molar refractivity (Wildman–Crippen MR) is 83.1 cm³/mol. The van der Waals surface area contributed by atoms with E-state index in [0.29, 0.717) is 0 Å². The minimum atomic E-state index is -5.06. The SMILES string of the molecule is O=C(O)C1=Cc2ccc(C3CCCCC3)cc2OC1(Cl)C(F)(F)F. The molecule has 24 heavy (non-hydrogen) atoms. The van der Waals surface area contributed by atoms with Gasteiger partial charge in [-0.1, -0.05) is 43.0 Å². The van der Waals surface area contributed by atoms with Crippen LogP contribution in [0.25, 0.3) is 6.08 Å². The molecule has 1 atom stereocenters. The monoisotopic (exact) mass is 360 g/mol. The van der Waals surface area contributed by atoms with Gasteiger partial charge in [-0.05, 0) is 36.5 Å². The summed E-state index contributed by atoms with van der Waals surface area (Å²) in [5, 5.41) is 5.71. The summed E-state index contributed by atoms with van der Waals surface area (Å²) in [5.74, 6) is -1.51. The van der Waals surface area contributed by atoms with E-state index in [0.717, 1.165) is 37.3 Å². The zero-order valence-electron chi connectivity index (χ0n) is 12.7. The molecule has 7 heteroatoms. The van der Waals surface area contributed by atoms with E-state index in [-0.39, 0.29) is 17.2 Å². The Morgan fingerprint density at radius 1 is 1.25 bits per heavy atom. The van der Waals surface area contributed by atoms with E-state index in [1.54, 1.807) is 12.1 Å². The van der Waals surface area contributed by atoms with Crippen LogP contribution in [-0.2, 0) is 4.79 Å². The van der Waals surface area contributed by atoms with E-state index < -0.39 is 22.8 Å². The summed E-state index contributed by atoms with van der Waals surface area (Å²) in [5.41, 5.74) is 0.156. The van der Waals surface area contributed by atoms with E-state index in [1.165, 1.54) is 6.42 Å². The molecule has 0 amide bonds. The summed E-state index contributed by atoms with van der Waals surface area (Å²) in [7, 11) is 0. The van der Waals surface area contributed by atoms with Gasteiger partial charge in [-0.25, -0.2) is 4.79 Å². The Kier molecular flexibility index (Phi) is 4.28. The van der Waals surface area contributed by atoms with Gasteiger partial charge in [0.1, 0.15) is 11.3 Å². The summed E-state index contributed by atoms with van der Waals surface area (Å²) >= 11 is 5.58. The van der Waals surface area contributed by atoms with E-state index in [2.05, 4.69) is 0 Å². The quantitative estimate of drug-likeness (QED) is 0.747. The molecule has 1 aromatic rings. The molecule has 0 spiro atoms. The average Bonchev–Trinajstić information content (AvgIpc) is 2.53. The normalized spacial score (nSPS) is 24.8. The van der Waals surface area contributed by atoms with Gasteiger partial charge in [0, 0.05) is 5.56 Å². The third kappa shape index (κ3) is 2.88. The second-order valence-electron chi connectivity index (χ2n) is 6.19. The molecule has 1 aliphatic carbocycles. The number of carboxylic acids is 1. The maximum atomic E-state index is 13.3. The first-order valence-corrected chi connectivity index (χ1v) is 8.14. The highest BCUT2D eigenvalue weighted by Crippen LogP contribution is 2.48. The summed E-state index contributed by atoms with van der Waals surface area (Å²) in [6.45, 7) is 0. The maximum absolute atomic E-state index is 13.3. The maximum Gasteiger partial charge on any atom is 0.448 e. The molecule has 3 nitrogen and oxygen atoms in total. The van der Waals surface area contributed by atoms with Crippen LogP contribution in [0.5, 0.6) is 5.75 Å². The van der Waals surface area contributed by atoms with Gasteiger partial charge in [0.05, 0.1) is 0 Å². The van der Waals surface area contributed by atoms with Gasteiger partial charge in [0.25, 0.3) is 0 Å². The number of hydrogen-bond donors (Lipinski definition) is 1. The number of benzene rings is 1. The number of rotatable bonds is 2. The summed E-state index contributed by atoms with van der Waals surface area (Å²) in [6.07, 6.45) is 1.20. The van der Waals surface area contributed by atoms with E-state index in [1.807, 2.05) is 6.07 Å². The Hall–Kier alpha value is -1.69. The fourth-order valence-electron chi connectivity index (χ4n) is 3.31. The Morgan fingerprint density at radius 3 is 2.50 bits per heavy atom. The lowest BCUT2D eigenvalue weighted by Crippen LogP contribution is -2.50. The number of fused-ring (bicyclic) bond motifs is 1. The van der Waals surface area contributed by atoms with Crippen molar-refractivity contribution in [2.75, 3.05) is 0 Å². The fourth-order valence-corrected chi connectivity index (χ4v) is 3.53. The molecule has 1 aromatic carbocycles. The lowest BCUT2D eigenvalue weighted by molar-refractivity contribution is -0.204. The molecular formula is C17H16ClF3O3. The van der Waals surface area contributed by atoms with Gasteiger partial charge in [-0.15, -0.1) is 0 Å². The summed E-state index contributed by atoms with van der Waals surface area (Å²) in [4.78, 5) is 11.2. The first-order chi connectivity index (χ1) is 11.2. The third-order valence-corrected chi connectivity index (χ3v) is 5.10. The third-order valence-electron chi connectivity index (χ3n) is 4.61. The van der Waals surface area contributed by atoms with Crippen molar-refractivity contribution in [1.29, 1.82) is 0 Å². The average molecular weight is 361 g/mol. The molecule has 3 rings (SSSR count). The standard InChI is InChI=1S/C17H16ClF3O3/c18-16(17(19,20)21)13(15(22)23)8-12-7-6-11(9-14(12)24-16)10-4-2-1-3-5-10/h6-10H,1-5H2,(H,22,23). The van der Waals surface area contributed by atoms with Gasteiger partial charge in [0.2, 0.25) is 0 Å². The first-order valence-electron chi connectivity index (χ1n) is 7.76. The molecule has 130 valence electrons. The van der Waals surface area contributed by atoms with Crippen molar-refractivity contribution in [3.05, 3.63) is 34.9 Å². The largest absolute Gasteiger partial charge is 0.478 e. The summed E-state index contributed by atoms with van der Waals surface area (Å²) in [6, 6.07) is 4.97. The minimum Gasteiger partial charge on any atom is -0.478 e. The van der Waals surface area contributed by atoms with Crippen molar-refractivity contribution >= 4 is 23.6 Å². The molecule has 0 saturated heterocycles.